The lowest BCUT2D eigenvalue weighted by Gasteiger charge is -2.38. The summed E-state index contributed by atoms with van der Waals surface area (Å²) in [5.74, 6) is 0.997. The average Bonchev–Trinajstić information content (AvgIpc) is 2.19. The van der Waals surface area contributed by atoms with E-state index in [0.717, 1.165) is 25.0 Å². The summed E-state index contributed by atoms with van der Waals surface area (Å²) in [7, 11) is 0. The topological polar surface area (TPSA) is 35.2 Å². The molecule has 0 spiro atoms. The molecular formula is C13H19NO. The van der Waals surface area contributed by atoms with Gasteiger partial charge in [-0.3, -0.25) is 0 Å². The highest BCUT2D eigenvalue weighted by atomic mass is 16.5. The second-order valence-corrected chi connectivity index (χ2v) is 4.43. The molecule has 0 aromatic heterocycles. The number of para-hydroxylation sites is 1. The lowest BCUT2D eigenvalue weighted by Crippen LogP contribution is -2.48. The van der Waals surface area contributed by atoms with Crippen LogP contribution in [0, 0.1) is 0 Å². The van der Waals surface area contributed by atoms with Crippen LogP contribution in [-0.4, -0.2) is 12.1 Å². The minimum absolute atomic E-state index is 0.0349. The van der Waals surface area contributed by atoms with Gasteiger partial charge in [-0.1, -0.05) is 18.2 Å². The van der Waals surface area contributed by atoms with Crippen molar-refractivity contribution in [3.63, 3.8) is 0 Å². The Morgan fingerprint density at radius 3 is 2.67 bits per heavy atom. The highest BCUT2D eigenvalue weighted by molar-refractivity contribution is 5.35. The van der Waals surface area contributed by atoms with Gasteiger partial charge in [0.15, 0.2) is 0 Å². The highest BCUT2D eigenvalue weighted by Crippen LogP contribution is 2.34. The van der Waals surface area contributed by atoms with E-state index in [1.165, 1.54) is 12.0 Å². The second kappa shape index (κ2) is 4.23. The maximum Gasteiger partial charge on any atom is 0.122 e. The molecule has 1 saturated carbocycles. The molecule has 1 aliphatic carbocycles. The van der Waals surface area contributed by atoms with E-state index < -0.39 is 0 Å². The summed E-state index contributed by atoms with van der Waals surface area (Å²) in [5, 5.41) is 0. The van der Waals surface area contributed by atoms with Crippen LogP contribution in [0.5, 0.6) is 5.75 Å². The maximum atomic E-state index is 6.24. The zero-order valence-electron chi connectivity index (χ0n) is 9.33. The Hall–Kier alpha value is -1.02. The molecule has 0 atom stereocenters. The predicted octanol–water partition coefficient (Wildman–Crippen LogP) is 2.51. The lowest BCUT2D eigenvalue weighted by molar-refractivity contribution is 0.243. The van der Waals surface area contributed by atoms with Crippen molar-refractivity contribution in [2.75, 3.05) is 6.61 Å². The Labute approximate surface area is 91.4 Å². The third-order valence-electron chi connectivity index (χ3n) is 3.16. The number of ether oxygens (including phenoxy) is 1. The smallest absolute Gasteiger partial charge is 0.122 e. The first-order valence-electron chi connectivity index (χ1n) is 5.73. The first-order valence-corrected chi connectivity index (χ1v) is 5.73. The van der Waals surface area contributed by atoms with Gasteiger partial charge in [0.05, 0.1) is 6.61 Å². The molecule has 2 nitrogen and oxygen atoms in total. The molecule has 0 aliphatic heterocycles. The molecular weight excluding hydrogens is 186 g/mol. The van der Waals surface area contributed by atoms with Crippen molar-refractivity contribution < 1.29 is 4.74 Å². The van der Waals surface area contributed by atoms with Crippen molar-refractivity contribution in [2.45, 2.75) is 38.1 Å². The van der Waals surface area contributed by atoms with Gasteiger partial charge in [-0.25, -0.2) is 0 Å². The van der Waals surface area contributed by atoms with Gasteiger partial charge < -0.3 is 10.5 Å². The fourth-order valence-electron chi connectivity index (χ4n) is 2.13. The SMILES string of the molecule is CCOc1ccccc1CC1(N)CCC1. The van der Waals surface area contributed by atoms with E-state index in [2.05, 4.69) is 12.1 Å². The molecule has 2 N–H and O–H groups in total. The van der Waals surface area contributed by atoms with Crippen molar-refractivity contribution in [1.82, 2.24) is 0 Å². The Bertz CT molecular complexity index is 331. The molecule has 0 amide bonds. The number of nitrogens with two attached hydrogens (primary N) is 1. The van der Waals surface area contributed by atoms with Crippen LogP contribution >= 0.6 is 0 Å². The van der Waals surface area contributed by atoms with Crippen molar-refractivity contribution in [1.29, 1.82) is 0 Å². The molecule has 1 aromatic carbocycles. The van der Waals surface area contributed by atoms with Gasteiger partial charge in [-0.05, 0) is 44.2 Å². The summed E-state index contributed by atoms with van der Waals surface area (Å²) in [5.41, 5.74) is 7.53. The van der Waals surface area contributed by atoms with Gasteiger partial charge in [0.25, 0.3) is 0 Å². The van der Waals surface area contributed by atoms with Gasteiger partial charge in [-0.2, -0.15) is 0 Å². The molecule has 0 heterocycles. The average molecular weight is 205 g/mol. The van der Waals surface area contributed by atoms with Crippen molar-refractivity contribution >= 4 is 0 Å². The number of hydrogen-bond acceptors (Lipinski definition) is 2. The van der Waals surface area contributed by atoms with Crippen LogP contribution in [0.25, 0.3) is 0 Å². The molecule has 15 heavy (non-hydrogen) atoms. The van der Waals surface area contributed by atoms with Crippen LogP contribution in [0.15, 0.2) is 24.3 Å². The largest absolute Gasteiger partial charge is 0.494 e. The number of benzene rings is 1. The molecule has 1 fully saturated rings. The molecule has 2 heteroatoms. The lowest BCUT2D eigenvalue weighted by atomic mass is 9.73. The van der Waals surface area contributed by atoms with Crippen LogP contribution in [0.1, 0.15) is 31.7 Å². The molecule has 0 bridgehead atoms. The third kappa shape index (κ3) is 2.32. The molecule has 0 saturated heterocycles. The van der Waals surface area contributed by atoms with E-state index in [0.29, 0.717) is 6.61 Å². The highest BCUT2D eigenvalue weighted by Gasteiger charge is 2.33. The Morgan fingerprint density at radius 1 is 1.33 bits per heavy atom. The van der Waals surface area contributed by atoms with E-state index in [1.807, 2.05) is 19.1 Å². The Kier molecular flexibility index (Phi) is 2.96. The van der Waals surface area contributed by atoms with Crippen molar-refractivity contribution in [2.24, 2.45) is 5.73 Å². The zero-order valence-corrected chi connectivity index (χ0v) is 9.33. The van der Waals surface area contributed by atoms with Crippen LogP contribution in [0.2, 0.25) is 0 Å². The standard InChI is InChI=1S/C13H19NO/c1-2-15-12-7-4-3-6-11(12)10-13(14)8-5-9-13/h3-4,6-7H,2,5,8-10,14H2,1H3. The normalized spacial score (nSPS) is 18.3. The molecule has 82 valence electrons. The van der Waals surface area contributed by atoms with E-state index in [9.17, 15) is 0 Å². The van der Waals surface area contributed by atoms with Crippen LogP contribution in [0.3, 0.4) is 0 Å². The third-order valence-corrected chi connectivity index (χ3v) is 3.16. The van der Waals surface area contributed by atoms with E-state index >= 15 is 0 Å². The van der Waals surface area contributed by atoms with E-state index in [1.54, 1.807) is 0 Å². The predicted molar refractivity (Wildman–Crippen MR) is 62.1 cm³/mol. The summed E-state index contributed by atoms with van der Waals surface area (Å²) in [6.45, 7) is 2.73. The summed E-state index contributed by atoms with van der Waals surface area (Å²) in [4.78, 5) is 0. The first-order chi connectivity index (χ1) is 7.23. The van der Waals surface area contributed by atoms with Crippen LogP contribution < -0.4 is 10.5 Å². The van der Waals surface area contributed by atoms with Crippen LogP contribution in [-0.2, 0) is 6.42 Å². The molecule has 0 radical (unpaired) electrons. The minimum atomic E-state index is 0.0349. The van der Waals surface area contributed by atoms with Crippen molar-refractivity contribution in [3.05, 3.63) is 29.8 Å². The zero-order chi connectivity index (χ0) is 10.7. The molecule has 1 aromatic rings. The fourth-order valence-corrected chi connectivity index (χ4v) is 2.13. The first kappa shape index (κ1) is 10.5. The molecule has 1 aliphatic rings. The van der Waals surface area contributed by atoms with Gasteiger partial charge in [-0.15, -0.1) is 0 Å². The van der Waals surface area contributed by atoms with Gasteiger partial charge in [0, 0.05) is 5.54 Å². The summed E-state index contributed by atoms with van der Waals surface area (Å²) < 4.78 is 5.60. The molecule has 2 rings (SSSR count). The monoisotopic (exact) mass is 205 g/mol. The summed E-state index contributed by atoms with van der Waals surface area (Å²) in [6.07, 6.45) is 4.51. The van der Waals surface area contributed by atoms with E-state index in [4.69, 9.17) is 10.5 Å². The quantitative estimate of drug-likeness (QED) is 0.819. The fraction of sp³-hybridized carbons (Fsp3) is 0.538. The van der Waals surface area contributed by atoms with Gasteiger partial charge in [0.1, 0.15) is 5.75 Å². The van der Waals surface area contributed by atoms with Gasteiger partial charge >= 0.3 is 0 Å². The maximum absolute atomic E-state index is 6.24. The van der Waals surface area contributed by atoms with E-state index in [-0.39, 0.29) is 5.54 Å². The Balaban J connectivity index is 2.12. The number of rotatable bonds is 4. The number of hydrogen-bond donors (Lipinski definition) is 1. The minimum Gasteiger partial charge on any atom is -0.494 e. The summed E-state index contributed by atoms with van der Waals surface area (Å²) >= 11 is 0. The van der Waals surface area contributed by atoms with Crippen LogP contribution in [0.4, 0.5) is 0 Å². The molecule has 0 unspecified atom stereocenters. The van der Waals surface area contributed by atoms with Crippen molar-refractivity contribution in [3.8, 4) is 5.75 Å². The summed E-state index contributed by atoms with van der Waals surface area (Å²) in [6, 6.07) is 8.22. The second-order valence-electron chi connectivity index (χ2n) is 4.43. The van der Waals surface area contributed by atoms with Gasteiger partial charge in [0.2, 0.25) is 0 Å². The Morgan fingerprint density at radius 2 is 2.07 bits per heavy atom.